The van der Waals surface area contributed by atoms with Gasteiger partial charge in [-0.2, -0.15) is 0 Å². The third-order valence-electron chi connectivity index (χ3n) is 6.04. The number of carbonyl (C=O) groups is 2. The van der Waals surface area contributed by atoms with Crippen LogP contribution in [0.25, 0.3) is 11.0 Å². The van der Waals surface area contributed by atoms with Crippen molar-refractivity contribution in [1.29, 1.82) is 0 Å². The van der Waals surface area contributed by atoms with Gasteiger partial charge in [-0.1, -0.05) is 30.3 Å². The number of fused-ring (bicyclic) bond motifs is 1. The summed E-state index contributed by atoms with van der Waals surface area (Å²) in [5.74, 6) is 1.05. The Balaban J connectivity index is 1.35. The van der Waals surface area contributed by atoms with Crippen LogP contribution in [-0.2, 0) is 6.42 Å². The van der Waals surface area contributed by atoms with Gasteiger partial charge in [0.2, 0.25) is 0 Å². The number of carboxylic acid groups (broad SMARTS) is 1. The van der Waals surface area contributed by atoms with Gasteiger partial charge in [0.25, 0.3) is 5.91 Å². The van der Waals surface area contributed by atoms with E-state index in [-0.39, 0.29) is 25.5 Å². The molecular formula is C28H30N4O6. The molecule has 0 saturated heterocycles. The molecule has 0 radical (unpaired) electrons. The highest BCUT2D eigenvalue weighted by Gasteiger charge is 2.26. The molecule has 5 N–H and O–H groups in total. The number of nitrogens with zero attached hydrogens (tertiary/aromatic N) is 2. The van der Waals surface area contributed by atoms with E-state index < -0.39 is 24.8 Å². The topological polar surface area (TPSA) is 148 Å². The first-order valence-electron chi connectivity index (χ1n) is 12.2. The molecule has 0 bridgehead atoms. The molecule has 2 amide bonds. The van der Waals surface area contributed by atoms with Crippen molar-refractivity contribution < 1.29 is 29.6 Å². The summed E-state index contributed by atoms with van der Waals surface area (Å²) >= 11 is 0. The van der Waals surface area contributed by atoms with Crippen LogP contribution in [0.2, 0.25) is 0 Å². The van der Waals surface area contributed by atoms with E-state index in [4.69, 9.17) is 4.74 Å². The molecule has 10 nitrogen and oxygen atoms in total. The van der Waals surface area contributed by atoms with Gasteiger partial charge in [0, 0.05) is 11.3 Å². The smallest absolute Gasteiger partial charge is 0.407 e. The summed E-state index contributed by atoms with van der Waals surface area (Å²) < 4.78 is 5.51. The van der Waals surface area contributed by atoms with Crippen molar-refractivity contribution in [3.8, 4) is 5.75 Å². The molecule has 4 rings (SSSR count). The van der Waals surface area contributed by atoms with Gasteiger partial charge in [-0.05, 0) is 61.4 Å². The summed E-state index contributed by atoms with van der Waals surface area (Å²) in [6.07, 6.45) is -2.11. The molecule has 2 atom stereocenters. The van der Waals surface area contributed by atoms with E-state index in [0.717, 1.165) is 21.8 Å². The van der Waals surface area contributed by atoms with Gasteiger partial charge in [0.15, 0.2) is 0 Å². The van der Waals surface area contributed by atoms with E-state index in [0.29, 0.717) is 22.5 Å². The number of aromatic amines is 1. The van der Waals surface area contributed by atoms with Crippen LogP contribution < -0.4 is 10.1 Å². The maximum absolute atomic E-state index is 12.7. The van der Waals surface area contributed by atoms with Crippen molar-refractivity contribution in [2.24, 2.45) is 0 Å². The number of aliphatic hydroxyl groups excluding tert-OH is 2. The van der Waals surface area contributed by atoms with Crippen LogP contribution >= 0.6 is 0 Å². The summed E-state index contributed by atoms with van der Waals surface area (Å²) in [6, 6.07) is 20.3. The number of H-pyrrole nitrogens is 1. The van der Waals surface area contributed by atoms with Gasteiger partial charge >= 0.3 is 6.09 Å². The number of imidazole rings is 1. The Bertz CT molecular complexity index is 1370. The normalized spacial score (nSPS) is 12.6. The molecule has 0 spiro atoms. The number of aromatic nitrogens is 2. The van der Waals surface area contributed by atoms with Gasteiger partial charge in [0.1, 0.15) is 24.3 Å². The highest BCUT2D eigenvalue weighted by Crippen LogP contribution is 2.18. The first-order valence-corrected chi connectivity index (χ1v) is 12.2. The van der Waals surface area contributed by atoms with Crippen molar-refractivity contribution in [3.63, 3.8) is 0 Å². The summed E-state index contributed by atoms with van der Waals surface area (Å²) in [5.41, 5.74) is 3.37. The zero-order chi connectivity index (χ0) is 27.1. The second-order valence-corrected chi connectivity index (χ2v) is 8.96. The minimum absolute atomic E-state index is 0.0903. The number of rotatable bonds is 11. The van der Waals surface area contributed by atoms with Crippen molar-refractivity contribution >= 4 is 28.7 Å². The van der Waals surface area contributed by atoms with Gasteiger partial charge in [0.05, 0.1) is 30.2 Å². The van der Waals surface area contributed by atoms with E-state index in [9.17, 15) is 24.9 Å². The lowest BCUT2D eigenvalue weighted by molar-refractivity contribution is 0.0388. The summed E-state index contributed by atoms with van der Waals surface area (Å²) in [5, 5.41) is 32.8. The highest BCUT2D eigenvalue weighted by molar-refractivity contribution is 6.05. The molecule has 0 fully saturated rings. The molecule has 198 valence electrons. The van der Waals surface area contributed by atoms with Gasteiger partial charge in [-0.15, -0.1) is 0 Å². The number of hydrogen-bond donors (Lipinski definition) is 5. The highest BCUT2D eigenvalue weighted by atomic mass is 16.5. The Hall–Kier alpha value is -4.41. The fourth-order valence-electron chi connectivity index (χ4n) is 4.12. The molecule has 10 heteroatoms. The fourth-order valence-corrected chi connectivity index (χ4v) is 4.12. The first kappa shape index (κ1) is 26.6. The summed E-state index contributed by atoms with van der Waals surface area (Å²) in [4.78, 5) is 33.1. The SMILES string of the molecule is Cc1nc2cc(C(=O)Nc3ccc(C[C@@H](CO)N(C[C@H](O)COc4ccccc4)C(=O)O)cc3)ccc2[nH]1. The molecule has 1 heterocycles. The van der Waals surface area contributed by atoms with Gasteiger partial charge < -0.3 is 35.3 Å². The second kappa shape index (κ2) is 12.2. The Labute approximate surface area is 219 Å². The maximum atomic E-state index is 12.7. The summed E-state index contributed by atoms with van der Waals surface area (Å²) in [6.45, 7) is 1.11. The molecule has 0 aliphatic carbocycles. The summed E-state index contributed by atoms with van der Waals surface area (Å²) in [7, 11) is 0. The van der Waals surface area contributed by atoms with Crippen molar-refractivity contribution in [2.45, 2.75) is 25.5 Å². The molecule has 1 aromatic heterocycles. The standard InChI is InChI=1S/C28H30N4O6/c1-18-29-25-12-9-20(14-26(25)30-18)27(35)31-21-10-7-19(8-11-21)13-22(16-33)32(28(36)37)15-23(34)17-38-24-5-3-2-4-6-24/h2-12,14,22-23,33-34H,13,15-17H2,1H3,(H,29,30)(H,31,35)(H,36,37)/t22-,23-/m0/s1. The predicted molar refractivity (Wildman–Crippen MR) is 142 cm³/mol. The van der Waals surface area contributed by atoms with E-state index in [1.807, 2.05) is 13.0 Å². The molecule has 0 aliphatic rings. The lowest BCUT2D eigenvalue weighted by Gasteiger charge is -2.30. The Morgan fingerprint density at radius 3 is 2.50 bits per heavy atom. The second-order valence-electron chi connectivity index (χ2n) is 8.96. The van der Waals surface area contributed by atoms with Crippen molar-refractivity contribution in [3.05, 3.63) is 89.7 Å². The zero-order valence-electron chi connectivity index (χ0n) is 20.9. The van der Waals surface area contributed by atoms with Crippen LogP contribution in [0.4, 0.5) is 10.5 Å². The van der Waals surface area contributed by atoms with Gasteiger partial charge in [-0.3, -0.25) is 4.79 Å². The van der Waals surface area contributed by atoms with Crippen molar-refractivity contribution in [2.75, 3.05) is 25.1 Å². The molecule has 0 saturated carbocycles. The van der Waals surface area contributed by atoms with Crippen molar-refractivity contribution in [1.82, 2.24) is 14.9 Å². The lowest BCUT2D eigenvalue weighted by atomic mass is 10.0. The lowest BCUT2D eigenvalue weighted by Crippen LogP contribution is -2.48. The first-order chi connectivity index (χ1) is 18.3. The van der Waals surface area contributed by atoms with Crippen LogP contribution in [0.1, 0.15) is 21.7 Å². The monoisotopic (exact) mass is 518 g/mol. The van der Waals surface area contributed by atoms with Crippen LogP contribution in [0.15, 0.2) is 72.8 Å². The van der Waals surface area contributed by atoms with Crippen LogP contribution in [0.3, 0.4) is 0 Å². The molecule has 38 heavy (non-hydrogen) atoms. The number of benzene rings is 3. The third-order valence-corrected chi connectivity index (χ3v) is 6.04. The van der Waals surface area contributed by atoms with Crippen LogP contribution in [0.5, 0.6) is 5.75 Å². The van der Waals surface area contributed by atoms with Gasteiger partial charge in [-0.25, -0.2) is 9.78 Å². The minimum Gasteiger partial charge on any atom is -0.491 e. The number of nitrogens with one attached hydrogen (secondary N) is 2. The Morgan fingerprint density at radius 1 is 1.08 bits per heavy atom. The number of ether oxygens (including phenoxy) is 1. The number of anilines is 1. The minimum atomic E-state index is -1.25. The number of amides is 2. The number of aryl methyl sites for hydroxylation is 1. The Morgan fingerprint density at radius 2 is 1.82 bits per heavy atom. The molecule has 4 aromatic rings. The molecule has 0 aliphatic heterocycles. The largest absolute Gasteiger partial charge is 0.491 e. The molecule has 3 aromatic carbocycles. The number of carbonyl (C=O) groups excluding carboxylic acids is 1. The number of para-hydroxylation sites is 1. The third kappa shape index (κ3) is 6.87. The average molecular weight is 519 g/mol. The fraction of sp³-hybridized carbons (Fsp3) is 0.250. The predicted octanol–water partition coefficient (Wildman–Crippen LogP) is 3.45. The zero-order valence-corrected chi connectivity index (χ0v) is 20.9. The van der Waals surface area contributed by atoms with Crippen LogP contribution in [-0.4, -0.2) is 74.1 Å². The van der Waals surface area contributed by atoms with E-state index in [1.165, 1.54) is 0 Å². The molecule has 0 unspecified atom stereocenters. The van der Waals surface area contributed by atoms with E-state index >= 15 is 0 Å². The van der Waals surface area contributed by atoms with E-state index in [2.05, 4.69) is 15.3 Å². The quantitative estimate of drug-likeness (QED) is 0.204. The maximum Gasteiger partial charge on any atom is 0.407 e. The number of hydrogen-bond acceptors (Lipinski definition) is 6. The Kier molecular flexibility index (Phi) is 8.57. The average Bonchev–Trinajstić information content (AvgIpc) is 3.30. The van der Waals surface area contributed by atoms with Crippen LogP contribution in [0, 0.1) is 6.92 Å². The molecular weight excluding hydrogens is 488 g/mol. The number of aliphatic hydroxyl groups is 2. The van der Waals surface area contributed by atoms with E-state index in [1.54, 1.807) is 66.7 Å².